The van der Waals surface area contributed by atoms with Crippen molar-refractivity contribution in [2.45, 2.75) is 51.2 Å². The monoisotopic (exact) mass is 258 g/mol. The Bertz CT molecular complexity index is 446. The maximum Gasteiger partial charge on any atom is 0.0995 e. The number of aliphatic hydroxyl groups is 1. The van der Waals surface area contributed by atoms with Crippen LogP contribution in [-0.4, -0.2) is 28.7 Å². The first-order valence-electron chi connectivity index (χ1n) is 7.11. The van der Waals surface area contributed by atoms with E-state index >= 15 is 0 Å². The maximum absolute atomic E-state index is 9.46. The third kappa shape index (κ3) is 3.34. The normalized spacial score (nSPS) is 17.6. The summed E-state index contributed by atoms with van der Waals surface area (Å²) in [5.74, 6) is 0. The molecular weight excluding hydrogens is 236 g/mol. The van der Waals surface area contributed by atoms with E-state index in [0.717, 1.165) is 17.7 Å². The molecular formula is C16H22N2O. The average Bonchev–Trinajstić information content (AvgIpc) is 2.98. The van der Waals surface area contributed by atoms with Crippen LogP contribution < -0.4 is 0 Å². The molecule has 0 spiro atoms. The number of aliphatic hydroxyl groups excluding tert-OH is 1. The highest BCUT2D eigenvalue weighted by molar-refractivity contribution is 5.37. The van der Waals surface area contributed by atoms with Gasteiger partial charge in [-0.1, -0.05) is 31.0 Å². The highest BCUT2D eigenvalue weighted by atomic mass is 16.3. The zero-order valence-electron chi connectivity index (χ0n) is 11.5. The van der Waals surface area contributed by atoms with Gasteiger partial charge >= 0.3 is 0 Å². The summed E-state index contributed by atoms with van der Waals surface area (Å²) in [6, 6.07) is 10.7. The molecule has 0 aliphatic heterocycles. The van der Waals surface area contributed by atoms with Gasteiger partial charge in [-0.25, -0.2) is 0 Å². The summed E-state index contributed by atoms with van der Waals surface area (Å²) in [4.78, 5) is 2.36. The molecule has 1 saturated carbocycles. The van der Waals surface area contributed by atoms with Crippen LogP contribution in [-0.2, 0) is 6.54 Å². The summed E-state index contributed by atoms with van der Waals surface area (Å²) in [6.45, 7) is 2.99. The zero-order valence-corrected chi connectivity index (χ0v) is 11.5. The molecule has 1 aliphatic carbocycles. The molecule has 0 bridgehead atoms. The van der Waals surface area contributed by atoms with Gasteiger partial charge < -0.3 is 5.11 Å². The second kappa shape index (κ2) is 6.70. The SMILES string of the molecule is C[C@@H](CO)N(Cc1ccccc1C#N)C1CCCC1. The molecule has 0 heterocycles. The molecule has 1 aromatic rings. The second-order valence-corrected chi connectivity index (χ2v) is 5.41. The molecule has 0 saturated heterocycles. The fourth-order valence-corrected chi connectivity index (χ4v) is 2.95. The van der Waals surface area contributed by atoms with Crippen LogP contribution in [0, 0.1) is 11.3 Å². The van der Waals surface area contributed by atoms with E-state index in [0.29, 0.717) is 6.04 Å². The number of benzene rings is 1. The number of hydrogen-bond acceptors (Lipinski definition) is 3. The summed E-state index contributed by atoms with van der Waals surface area (Å²) in [6.07, 6.45) is 4.97. The van der Waals surface area contributed by atoms with Crippen molar-refractivity contribution in [2.24, 2.45) is 0 Å². The number of nitriles is 1. The highest BCUT2D eigenvalue weighted by Crippen LogP contribution is 2.27. The highest BCUT2D eigenvalue weighted by Gasteiger charge is 2.26. The maximum atomic E-state index is 9.46. The fraction of sp³-hybridized carbons (Fsp3) is 0.562. The van der Waals surface area contributed by atoms with E-state index < -0.39 is 0 Å². The Morgan fingerprint density at radius 2 is 2.05 bits per heavy atom. The van der Waals surface area contributed by atoms with Crippen LogP contribution in [0.2, 0.25) is 0 Å². The van der Waals surface area contributed by atoms with Crippen molar-refractivity contribution >= 4 is 0 Å². The van der Waals surface area contributed by atoms with Gasteiger partial charge in [0.25, 0.3) is 0 Å². The Morgan fingerprint density at radius 3 is 2.68 bits per heavy atom. The predicted molar refractivity (Wildman–Crippen MR) is 75.5 cm³/mol. The first-order chi connectivity index (χ1) is 9.26. The number of rotatable bonds is 5. The van der Waals surface area contributed by atoms with Crippen molar-refractivity contribution in [3.8, 4) is 6.07 Å². The van der Waals surface area contributed by atoms with Crippen molar-refractivity contribution in [3.63, 3.8) is 0 Å². The van der Waals surface area contributed by atoms with Gasteiger partial charge in [0.05, 0.1) is 18.2 Å². The molecule has 0 unspecified atom stereocenters. The van der Waals surface area contributed by atoms with E-state index in [4.69, 9.17) is 0 Å². The number of nitrogens with zero attached hydrogens (tertiary/aromatic N) is 2. The Hall–Kier alpha value is -1.37. The third-order valence-corrected chi connectivity index (χ3v) is 4.11. The lowest BCUT2D eigenvalue weighted by atomic mass is 10.0. The Labute approximate surface area is 115 Å². The molecule has 1 aliphatic rings. The summed E-state index contributed by atoms with van der Waals surface area (Å²) < 4.78 is 0. The second-order valence-electron chi connectivity index (χ2n) is 5.41. The van der Waals surface area contributed by atoms with Crippen molar-refractivity contribution in [2.75, 3.05) is 6.61 Å². The molecule has 1 N–H and O–H groups in total. The van der Waals surface area contributed by atoms with Gasteiger partial charge in [0.15, 0.2) is 0 Å². The van der Waals surface area contributed by atoms with E-state index in [9.17, 15) is 10.4 Å². The molecule has 2 rings (SSSR count). The summed E-state index contributed by atoms with van der Waals surface area (Å²) >= 11 is 0. The molecule has 0 radical (unpaired) electrons. The quantitative estimate of drug-likeness (QED) is 0.883. The minimum absolute atomic E-state index is 0.148. The predicted octanol–water partition coefficient (Wildman–Crippen LogP) is 2.68. The zero-order chi connectivity index (χ0) is 13.7. The summed E-state index contributed by atoms with van der Waals surface area (Å²) in [5, 5.41) is 18.6. The molecule has 1 aromatic carbocycles. The lowest BCUT2D eigenvalue weighted by molar-refractivity contribution is 0.0874. The smallest absolute Gasteiger partial charge is 0.0995 e. The van der Waals surface area contributed by atoms with Gasteiger partial charge in [-0.2, -0.15) is 5.26 Å². The first kappa shape index (κ1) is 14.0. The molecule has 0 amide bonds. The van der Waals surface area contributed by atoms with Gasteiger partial charge in [0.2, 0.25) is 0 Å². The minimum Gasteiger partial charge on any atom is -0.395 e. The third-order valence-electron chi connectivity index (χ3n) is 4.11. The van der Waals surface area contributed by atoms with Crippen molar-refractivity contribution in [1.82, 2.24) is 4.90 Å². The van der Waals surface area contributed by atoms with Gasteiger partial charge in [-0.15, -0.1) is 0 Å². The topological polar surface area (TPSA) is 47.3 Å². The van der Waals surface area contributed by atoms with E-state index in [2.05, 4.69) is 17.9 Å². The Morgan fingerprint density at radius 1 is 1.37 bits per heavy atom. The minimum atomic E-state index is 0.148. The van der Waals surface area contributed by atoms with Crippen LogP contribution in [0.4, 0.5) is 0 Å². The fourth-order valence-electron chi connectivity index (χ4n) is 2.95. The van der Waals surface area contributed by atoms with Crippen LogP contribution in [0.15, 0.2) is 24.3 Å². The standard InChI is InChI=1S/C16H22N2O/c1-13(12-19)18(16-8-4-5-9-16)11-15-7-3-2-6-14(15)10-17/h2-3,6-7,13,16,19H,4-5,8-9,11-12H2,1H3/t13-/m0/s1. The van der Waals surface area contributed by atoms with Gasteiger partial charge in [0.1, 0.15) is 0 Å². The van der Waals surface area contributed by atoms with E-state index in [-0.39, 0.29) is 12.6 Å². The molecule has 3 heteroatoms. The summed E-state index contributed by atoms with van der Waals surface area (Å²) in [7, 11) is 0. The van der Waals surface area contributed by atoms with Crippen LogP contribution >= 0.6 is 0 Å². The van der Waals surface area contributed by atoms with E-state index in [1.165, 1.54) is 25.7 Å². The van der Waals surface area contributed by atoms with Gasteiger partial charge in [-0.05, 0) is 31.4 Å². The number of hydrogen-bond donors (Lipinski definition) is 1. The van der Waals surface area contributed by atoms with E-state index in [1.54, 1.807) is 0 Å². The molecule has 3 nitrogen and oxygen atoms in total. The van der Waals surface area contributed by atoms with Crippen LogP contribution in [0.5, 0.6) is 0 Å². The van der Waals surface area contributed by atoms with Crippen molar-refractivity contribution < 1.29 is 5.11 Å². The lowest BCUT2D eigenvalue weighted by Crippen LogP contribution is -2.41. The van der Waals surface area contributed by atoms with Crippen LogP contribution in [0.25, 0.3) is 0 Å². The lowest BCUT2D eigenvalue weighted by Gasteiger charge is -2.33. The summed E-state index contributed by atoms with van der Waals surface area (Å²) in [5.41, 5.74) is 1.81. The molecule has 0 aromatic heterocycles. The van der Waals surface area contributed by atoms with Gasteiger partial charge in [-0.3, -0.25) is 4.90 Å². The largest absolute Gasteiger partial charge is 0.395 e. The van der Waals surface area contributed by atoms with Crippen LogP contribution in [0.1, 0.15) is 43.7 Å². The molecule has 102 valence electrons. The Balaban J connectivity index is 2.17. The van der Waals surface area contributed by atoms with Crippen molar-refractivity contribution in [3.05, 3.63) is 35.4 Å². The van der Waals surface area contributed by atoms with Crippen LogP contribution in [0.3, 0.4) is 0 Å². The first-order valence-corrected chi connectivity index (χ1v) is 7.11. The van der Waals surface area contributed by atoms with E-state index in [1.807, 2.05) is 24.3 Å². The average molecular weight is 258 g/mol. The Kier molecular flexibility index (Phi) is 4.95. The van der Waals surface area contributed by atoms with Crippen molar-refractivity contribution in [1.29, 1.82) is 5.26 Å². The van der Waals surface area contributed by atoms with Gasteiger partial charge in [0, 0.05) is 18.6 Å². The molecule has 19 heavy (non-hydrogen) atoms. The molecule has 1 atom stereocenters. The molecule has 1 fully saturated rings.